The van der Waals surface area contributed by atoms with Crippen LogP contribution in [0.2, 0.25) is 0 Å². The van der Waals surface area contributed by atoms with Crippen LogP contribution in [0.4, 0.5) is 11.6 Å². The Morgan fingerprint density at radius 3 is 2.74 bits per heavy atom. The summed E-state index contributed by atoms with van der Waals surface area (Å²) in [5.41, 5.74) is 11.2. The highest BCUT2D eigenvalue weighted by molar-refractivity contribution is 7.99. The Morgan fingerprint density at radius 2 is 2.11 bits per heavy atom. The molecule has 1 aromatic rings. The molecule has 0 aromatic carbocycles. The smallest absolute Gasteiger partial charge is 0.233 e. The van der Waals surface area contributed by atoms with Crippen LogP contribution >= 0.6 is 11.8 Å². The van der Waals surface area contributed by atoms with Crippen LogP contribution < -0.4 is 11.5 Å². The van der Waals surface area contributed by atoms with E-state index in [1.807, 2.05) is 4.90 Å². The maximum absolute atomic E-state index is 12.1. The van der Waals surface area contributed by atoms with Crippen LogP contribution in [0.1, 0.15) is 26.2 Å². The van der Waals surface area contributed by atoms with Crippen molar-refractivity contribution in [3.8, 4) is 0 Å². The number of likely N-dealkylation sites (tertiary alicyclic amines) is 1. The van der Waals surface area contributed by atoms with Crippen LogP contribution in [-0.2, 0) is 4.79 Å². The van der Waals surface area contributed by atoms with Crippen molar-refractivity contribution in [3.05, 3.63) is 6.07 Å². The molecule has 0 radical (unpaired) electrons. The molecule has 0 aliphatic carbocycles. The van der Waals surface area contributed by atoms with Gasteiger partial charge < -0.3 is 16.4 Å². The molecule has 1 unspecified atom stereocenters. The molecule has 1 saturated heterocycles. The predicted molar refractivity (Wildman–Crippen MR) is 76.6 cm³/mol. The highest BCUT2D eigenvalue weighted by Crippen LogP contribution is 2.20. The number of nitrogens with two attached hydrogens (primary N) is 2. The lowest BCUT2D eigenvalue weighted by molar-refractivity contribution is -0.131. The van der Waals surface area contributed by atoms with Gasteiger partial charge in [0, 0.05) is 18.7 Å². The molecule has 104 valence electrons. The van der Waals surface area contributed by atoms with E-state index >= 15 is 0 Å². The second kappa shape index (κ2) is 6.10. The van der Waals surface area contributed by atoms with E-state index in [0.29, 0.717) is 28.6 Å². The van der Waals surface area contributed by atoms with Crippen LogP contribution in [0.25, 0.3) is 0 Å². The SMILES string of the molecule is CC1CCCCN1C(=O)CSc1nc(N)cc(N)n1. The summed E-state index contributed by atoms with van der Waals surface area (Å²) in [6.45, 7) is 2.94. The molecule has 1 amide bonds. The molecule has 1 atom stereocenters. The van der Waals surface area contributed by atoms with E-state index in [1.165, 1.54) is 24.2 Å². The maximum atomic E-state index is 12.1. The third-order valence-corrected chi connectivity index (χ3v) is 4.03. The number of rotatable bonds is 3. The van der Waals surface area contributed by atoms with Gasteiger partial charge in [-0.1, -0.05) is 11.8 Å². The number of aromatic nitrogens is 2. The van der Waals surface area contributed by atoms with Crippen LogP contribution in [0, 0.1) is 0 Å². The van der Waals surface area contributed by atoms with Crippen molar-refractivity contribution < 1.29 is 4.79 Å². The summed E-state index contributed by atoms with van der Waals surface area (Å²) < 4.78 is 0. The number of anilines is 2. The zero-order valence-corrected chi connectivity index (χ0v) is 11.8. The summed E-state index contributed by atoms with van der Waals surface area (Å²) in [5.74, 6) is 1.11. The Hall–Kier alpha value is -1.50. The number of piperidine rings is 1. The fourth-order valence-electron chi connectivity index (χ4n) is 2.20. The Balaban J connectivity index is 1.92. The van der Waals surface area contributed by atoms with Gasteiger partial charge in [0.2, 0.25) is 5.91 Å². The minimum absolute atomic E-state index is 0.127. The molecule has 0 saturated carbocycles. The fourth-order valence-corrected chi connectivity index (χ4v) is 2.96. The second-order valence-corrected chi connectivity index (χ2v) is 5.66. The molecule has 19 heavy (non-hydrogen) atoms. The first-order chi connectivity index (χ1) is 9.06. The first-order valence-electron chi connectivity index (χ1n) is 6.38. The van der Waals surface area contributed by atoms with Gasteiger partial charge in [-0.05, 0) is 26.2 Å². The number of amides is 1. The van der Waals surface area contributed by atoms with E-state index in [4.69, 9.17) is 11.5 Å². The molecule has 1 aromatic heterocycles. The predicted octanol–water partition coefficient (Wildman–Crippen LogP) is 1.13. The number of carbonyl (C=O) groups is 1. The molecule has 2 rings (SSSR count). The summed E-state index contributed by atoms with van der Waals surface area (Å²) >= 11 is 1.28. The Morgan fingerprint density at radius 1 is 1.42 bits per heavy atom. The number of hydrogen-bond donors (Lipinski definition) is 2. The van der Waals surface area contributed by atoms with E-state index in [-0.39, 0.29) is 5.91 Å². The highest BCUT2D eigenvalue weighted by Gasteiger charge is 2.23. The van der Waals surface area contributed by atoms with Gasteiger partial charge in [0.25, 0.3) is 0 Å². The summed E-state index contributed by atoms with van der Waals surface area (Å²) in [7, 11) is 0. The largest absolute Gasteiger partial charge is 0.383 e. The topological polar surface area (TPSA) is 98.1 Å². The quantitative estimate of drug-likeness (QED) is 0.636. The van der Waals surface area contributed by atoms with Gasteiger partial charge in [-0.2, -0.15) is 0 Å². The molecule has 0 bridgehead atoms. The normalized spacial score (nSPS) is 19.4. The molecule has 4 N–H and O–H groups in total. The van der Waals surface area contributed by atoms with Crippen molar-refractivity contribution in [2.75, 3.05) is 23.8 Å². The van der Waals surface area contributed by atoms with E-state index < -0.39 is 0 Å². The van der Waals surface area contributed by atoms with Crippen molar-refractivity contribution in [2.45, 2.75) is 37.4 Å². The van der Waals surface area contributed by atoms with Gasteiger partial charge in [0.05, 0.1) is 5.75 Å². The lowest BCUT2D eigenvalue weighted by Crippen LogP contribution is -2.42. The minimum atomic E-state index is 0.127. The lowest BCUT2D eigenvalue weighted by atomic mass is 10.0. The van der Waals surface area contributed by atoms with Crippen molar-refractivity contribution in [1.82, 2.24) is 14.9 Å². The first-order valence-corrected chi connectivity index (χ1v) is 7.37. The summed E-state index contributed by atoms with van der Waals surface area (Å²) in [4.78, 5) is 22.2. The monoisotopic (exact) mass is 281 g/mol. The van der Waals surface area contributed by atoms with Crippen LogP contribution in [0.3, 0.4) is 0 Å². The number of hydrogen-bond acceptors (Lipinski definition) is 6. The molecule has 6 nitrogen and oxygen atoms in total. The fraction of sp³-hybridized carbons (Fsp3) is 0.583. The molecule has 1 fully saturated rings. The van der Waals surface area contributed by atoms with Gasteiger partial charge in [-0.25, -0.2) is 9.97 Å². The Bertz CT molecular complexity index is 447. The van der Waals surface area contributed by atoms with E-state index in [0.717, 1.165) is 19.4 Å². The Kier molecular flexibility index (Phi) is 4.47. The van der Waals surface area contributed by atoms with Crippen LogP contribution in [0.5, 0.6) is 0 Å². The summed E-state index contributed by atoms with van der Waals surface area (Å²) in [6.07, 6.45) is 3.37. The molecular formula is C12H19N5OS. The van der Waals surface area contributed by atoms with Crippen molar-refractivity contribution in [2.24, 2.45) is 0 Å². The van der Waals surface area contributed by atoms with Crippen molar-refractivity contribution >= 4 is 29.3 Å². The molecular weight excluding hydrogens is 262 g/mol. The maximum Gasteiger partial charge on any atom is 0.233 e. The zero-order valence-electron chi connectivity index (χ0n) is 11.0. The van der Waals surface area contributed by atoms with Crippen LogP contribution in [-0.4, -0.2) is 39.1 Å². The number of nitrogen functional groups attached to an aromatic ring is 2. The standard InChI is InChI=1S/C12H19N5OS/c1-8-4-2-3-5-17(8)11(18)7-19-12-15-9(13)6-10(14)16-12/h6,8H,2-5,7H2,1H3,(H4,13,14,15,16). The second-order valence-electron chi connectivity index (χ2n) is 4.72. The highest BCUT2D eigenvalue weighted by atomic mass is 32.2. The molecule has 1 aliphatic rings. The van der Waals surface area contributed by atoms with E-state index in [9.17, 15) is 4.79 Å². The minimum Gasteiger partial charge on any atom is -0.383 e. The molecule has 2 heterocycles. The van der Waals surface area contributed by atoms with Gasteiger partial charge in [-0.15, -0.1) is 0 Å². The summed E-state index contributed by atoms with van der Waals surface area (Å²) in [6, 6.07) is 1.83. The van der Waals surface area contributed by atoms with Gasteiger partial charge in [-0.3, -0.25) is 4.79 Å². The molecule has 7 heteroatoms. The third-order valence-electron chi connectivity index (χ3n) is 3.19. The molecule has 0 spiro atoms. The van der Waals surface area contributed by atoms with Crippen LogP contribution in [0.15, 0.2) is 11.2 Å². The van der Waals surface area contributed by atoms with Gasteiger partial charge in [0.1, 0.15) is 11.6 Å². The number of carbonyl (C=O) groups excluding carboxylic acids is 1. The van der Waals surface area contributed by atoms with Crippen molar-refractivity contribution in [1.29, 1.82) is 0 Å². The first kappa shape index (κ1) is 13.9. The van der Waals surface area contributed by atoms with Crippen molar-refractivity contribution in [3.63, 3.8) is 0 Å². The average molecular weight is 281 g/mol. The van der Waals surface area contributed by atoms with Gasteiger partial charge in [0.15, 0.2) is 5.16 Å². The summed E-state index contributed by atoms with van der Waals surface area (Å²) in [5, 5.41) is 0.454. The Labute approximate surface area is 117 Å². The number of nitrogens with zero attached hydrogens (tertiary/aromatic N) is 3. The lowest BCUT2D eigenvalue weighted by Gasteiger charge is -2.33. The number of thioether (sulfide) groups is 1. The van der Waals surface area contributed by atoms with E-state index in [1.54, 1.807) is 0 Å². The van der Waals surface area contributed by atoms with Gasteiger partial charge >= 0.3 is 0 Å². The zero-order chi connectivity index (χ0) is 13.8. The molecule has 1 aliphatic heterocycles. The average Bonchev–Trinajstić information content (AvgIpc) is 2.35. The van der Waals surface area contributed by atoms with E-state index in [2.05, 4.69) is 16.9 Å². The third kappa shape index (κ3) is 3.73.